The Morgan fingerprint density at radius 3 is 2.36 bits per heavy atom. The van der Waals surface area contributed by atoms with Crippen LogP contribution >= 0.6 is 8.95 Å². The summed E-state index contributed by atoms with van der Waals surface area (Å²) in [6.45, 7) is -0.628. The van der Waals surface area contributed by atoms with Gasteiger partial charge in [0.2, 0.25) is 0 Å². The number of aryl methyl sites for hydroxylation is 1. The van der Waals surface area contributed by atoms with Gasteiger partial charge >= 0.3 is 202 Å². The molecule has 0 aliphatic heterocycles. The quantitative estimate of drug-likeness (QED) is 0.0971. The van der Waals surface area contributed by atoms with E-state index in [9.17, 15) is 24.0 Å². The molecule has 3 atom stereocenters. The van der Waals surface area contributed by atoms with Crippen molar-refractivity contribution in [3.63, 3.8) is 0 Å². The molecule has 0 saturated heterocycles. The average Bonchev–Trinajstić information content (AvgIpc) is 3.08. The summed E-state index contributed by atoms with van der Waals surface area (Å²) < 4.78 is 2.41. The second-order valence-corrected chi connectivity index (χ2v) is 13.3. The van der Waals surface area contributed by atoms with Crippen molar-refractivity contribution in [1.29, 1.82) is 0 Å². The van der Waals surface area contributed by atoms with Crippen molar-refractivity contribution in [2.75, 3.05) is 12.3 Å². The fraction of sp³-hybridized carbons (Fsp3) is 0.529. The Kier molecular flexibility index (Phi) is 12.2. The van der Waals surface area contributed by atoms with E-state index in [1.54, 1.807) is 17.9 Å². The third-order valence-corrected chi connectivity index (χ3v) is 10.6. The summed E-state index contributed by atoms with van der Waals surface area (Å²) in [5.41, 5.74) is 11.7. The molecule has 9 N–H and O–H groups in total. The Morgan fingerprint density at radius 1 is 1.15 bits per heavy atom. The molecule has 14 nitrogen and oxygen atoms in total. The first kappa shape index (κ1) is 28.7. The molecule has 16 heteroatoms. The normalized spacial score (nSPS) is 13.5. The predicted molar refractivity (Wildman–Crippen MR) is 118 cm³/mol. The van der Waals surface area contributed by atoms with E-state index < -0.39 is 74.2 Å². The molecule has 0 aliphatic carbocycles. The molecule has 0 unspecified atom stereocenters. The molecule has 1 aromatic rings. The number of amides is 2. The van der Waals surface area contributed by atoms with Crippen molar-refractivity contribution < 1.29 is 39.3 Å². The Balaban J connectivity index is 2.77. The molecule has 1 rings (SSSR count). The Hall–Kier alpha value is -2.37. The van der Waals surface area contributed by atoms with Gasteiger partial charge in [-0.3, -0.25) is 0 Å². The van der Waals surface area contributed by atoms with E-state index in [2.05, 4.69) is 15.6 Å². The van der Waals surface area contributed by atoms with Crippen molar-refractivity contribution in [2.45, 2.75) is 37.4 Å². The van der Waals surface area contributed by atoms with E-state index in [-0.39, 0.29) is 25.0 Å². The number of aromatic nitrogens is 2. The molecule has 2 radical (unpaired) electrons. The number of carboxylic acid groups (broad SMARTS) is 3. The fourth-order valence-corrected chi connectivity index (χ4v) is 8.94. The molecular weight excluding hydrogens is 567 g/mol. The van der Waals surface area contributed by atoms with E-state index in [1.165, 1.54) is 8.95 Å². The first-order valence-electron chi connectivity index (χ1n) is 9.56. The van der Waals surface area contributed by atoms with Crippen molar-refractivity contribution >= 4 is 62.1 Å². The zero-order chi connectivity index (χ0) is 25.1. The molecule has 0 aliphatic rings. The zero-order valence-electron chi connectivity index (χ0n) is 17.7. The van der Waals surface area contributed by atoms with Crippen LogP contribution in [0.2, 0.25) is 0 Å². The van der Waals surface area contributed by atoms with Gasteiger partial charge < -0.3 is 0 Å². The van der Waals surface area contributed by atoms with Gasteiger partial charge in [0.15, 0.2) is 0 Å². The number of carbonyl (C=O) groups is 5. The molecule has 1 aromatic heterocycles. The number of nitrogens with one attached hydrogen (secondary N) is 2. The second kappa shape index (κ2) is 14.0. The van der Waals surface area contributed by atoms with Crippen molar-refractivity contribution in [1.82, 2.24) is 20.2 Å². The van der Waals surface area contributed by atoms with Gasteiger partial charge in [0, 0.05) is 0 Å². The molecule has 182 valence electrons. The SMILES string of the molecule is Cn1cn[c]([Sn][S]C[C@H](NC(=O)CC[C@H](N)C(=O)O)C(=O)NCC(=O)O)c1C[C@H](N)C(=O)O. The molecule has 1 heterocycles. The summed E-state index contributed by atoms with van der Waals surface area (Å²) >= 11 is -1.49. The second-order valence-electron chi connectivity index (χ2n) is 6.93. The van der Waals surface area contributed by atoms with Crippen LogP contribution in [-0.4, -0.2) is 105 Å². The number of aliphatic carboxylic acids is 3. The monoisotopic (exact) mass is 594 g/mol. The summed E-state index contributed by atoms with van der Waals surface area (Å²) in [6, 6.07) is -3.37. The van der Waals surface area contributed by atoms with Gasteiger partial charge in [0.25, 0.3) is 0 Å². The van der Waals surface area contributed by atoms with E-state index in [0.717, 1.165) is 3.71 Å². The number of nitrogens with two attached hydrogens (primary N) is 2. The summed E-state index contributed by atoms with van der Waals surface area (Å²) in [4.78, 5) is 61.4. The number of hydrogen-bond acceptors (Lipinski definition) is 9. The molecular formula is C17H26N6O8SSn. The number of carboxylic acids is 3. The first-order chi connectivity index (χ1) is 15.4. The molecule has 0 saturated carbocycles. The maximum absolute atomic E-state index is 12.4. The Bertz CT molecular complexity index is 882. The van der Waals surface area contributed by atoms with Crippen LogP contribution in [0.4, 0.5) is 0 Å². The van der Waals surface area contributed by atoms with Crippen molar-refractivity contribution in [2.24, 2.45) is 18.5 Å². The third kappa shape index (κ3) is 10.4. The molecule has 0 aromatic carbocycles. The van der Waals surface area contributed by atoms with Crippen LogP contribution in [0.15, 0.2) is 6.33 Å². The number of imidazole rings is 1. The number of hydrogen-bond donors (Lipinski definition) is 7. The van der Waals surface area contributed by atoms with E-state index in [4.69, 9.17) is 26.8 Å². The van der Waals surface area contributed by atoms with E-state index in [1.807, 2.05) is 0 Å². The van der Waals surface area contributed by atoms with Gasteiger partial charge in [0.05, 0.1) is 0 Å². The topological polar surface area (TPSA) is 240 Å². The summed E-state index contributed by atoms with van der Waals surface area (Å²) in [5, 5.41) is 31.3. The van der Waals surface area contributed by atoms with E-state index >= 15 is 0 Å². The third-order valence-electron chi connectivity index (χ3n) is 4.27. The standard InChI is InChI=1S/C10H17N3O6S.C7H10N3O2.Sn/c11-5(10(18)19)1-2-7(14)13-6(4-20)9(17)12-3-8(15)16;1-10-4-9-3-5(10)2-6(8)7(11)12;/h5-6,20H,1-4,11H2,(H,12,17)(H,13,14)(H,15,16)(H,18,19);4,6H,2,8H2,1H3,(H,11,12);/q;;+1/p-1/t5-,6-;6-;/m00./s1. The van der Waals surface area contributed by atoms with Crippen LogP contribution in [0, 0.1) is 0 Å². The Morgan fingerprint density at radius 2 is 1.79 bits per heavy atom. The van der Waals surface area contributed by atoms with Crippen molar-refractivity contribution in [3.8, 4) is 0 Å². The maximum atomic E-state index is 12.4. The predicted octanol–water partition coefficient (Wildman–Crippen LogP) is -3.77. The van der Waals surface area contributed by atoms with E-state index in [0.29, 0.717) is 5.69 Å². The van der Waals surface area contributed by atoms with Gasteiger partial charge in [-0.25, -0.2) is 0 Å². The van der Waals surface area contributed by atoms with Gasteiger partial charge in [-0.05, 0) is 0 Å². The minimum atomic E-state index is -1.49. The van der Waals surface area contributed by atoms with Gasteiger partial charge in [-0.1, -0.05) is 0 Å². The summed E-state index contributed by atoms with van der Waals surface area (Å²) in [5.74, 6) is -4.82. The van der Waals surface area contributed by atoms with Crippen LogP contribution in [0.1, 0.15) is 18.5 Å². The van der Waals surface area contributed by atoms with Crippen LogP contribution in [0.3, 0.4) is 0 Å². The molecule has 0 fully saturated rings. The van der Waals surface area contributed by atoms with Gasteiger partial charge in [0.1, 0.15) is 0 Å². The molecule has 0 spiro atoms. The fourth-order valence-electron chi connectivity index (χ4n) is 2.42. The molecule has 0 bridgehead atoms. The summed E-state index contributed by atoms with van der Waals surface area (Å²) in [6.07, 6.45) is 1.28. The zero-order valence-corrected chi connectivity index (χ0v) is 21.4. The number of nitrogens with zero attached hydrogens (tertiary/aromatic N) is 2. The van der Waals surface area contributed by atoms with Crippen LogP contribution in [0.5, 0.6) is 0 Å². The Labute approximate surface area is 201 Å². The van der Waals surface area contributed by atoms with Crippen LogP contribution in [-0.2, 0) is 37.4 Å². The minimum absolute atomic E-state index is 0.0890. The van der Waals surface area contributed by atoms with Crippen LogP contribution < -0.4 is 25.8 Å². The molecule has 2 amide bonds. The van der Waals surface area contributed by atoms with Crippen LogP contribution in [0.25, 0.3) is 0 Å². The average molecular weight is 593 g/mol. The number of rotatable bonds is 15. The van der Waals surface area contributed by atoms with Gasteiger partial charge in [-0.2, -0.15) is 0 Å². The van der Waals surface area contributed by atoms with Crippen molar-refractivity contribution in [3.05, 3.63) is 12.0 Å². The van der Waals surface area contributed by atoms with Gasteiger partial charge in [-0.15, -0.1) is 0 Å². The first-order valence-corrected chi connectivity index (χ1v) is 15.5. The number of carbonyl (C=O) groups excluding carboxylic acids is 2. The molecule has 33 heavy (non-hydrogen) atoms. The summed E-state index contributed by atoms with van der Waals surface area (Å²) in [7, 11) is 3.09.